The number of amides is 1. The molecule has 0 saturated heterocycles. The van der Waals surface area contributed by atoms with Gasteiger partial charge < -0.3 is 15.0 Å². The first kappa shape index (κ1) is 17.5. The molecule has 0 bridgehead atoms. The number of nitrogens with one attached hydrogen (secondary N) is 2. The Balaban J connectivity index is 1.91. The van der Waals surface area contributed by atoms with Crippen LogP contribution in [0.5, 0.6) is 5.75 Å². The number of aromatic amines is 1. The van der Waals surface area contributed by atoms with Gasteiger partial charge in [0, 0.05) is 0 Å². The second-order valence-electron chi connectivity index (χ2n) is 6.07. The van der Waals surface area contributed by atoms with Gasteiger partial charge in [-0.3, -0.25) is 19.0 Å². The van der Waals surface area contributed by atoms with Crippen molar-refractivity contribution >= 4 is 22.6 Å². The van der Waals surface area contributed by atoms with Crippen LogP contribution in [0.15, 0.2) is 58.1 Å². The molecule has 26 heavy (non-hydrogen) atoms. The van der Waals surface area contributed by atoms with Crippen LogP contribution in [-0.2, 0) is 11.3 Å². The van der Waals surface area contributed by atoms with Crippen molar-refractivity contribution in [1.29, 1.82) is 0 Å². The van der Waals surface area contributed by atoms with Gasteiger partial charge in [0.05, 0.1) is 22.8 Å². The molecule has 134 valence electrons. The van der Waals surface area contributed by atoms with Gasteiger partial charge in [0.25, 0.3) is 0 Å². The topological polar surface area (TPSA) is 93.2 Å². The number of hydrogen-bond acceptors (Lipinski definition) is 4. The van der Waals surface area contributed by atoms with E-state index in [0.29, 0.717) is 22.5 Å². The number of para-hydroxylation sites is 4. The Bertz CT molecular complexity index is 1070. The standard InChI is InChI=1S/C19H19N3O4/c1-12(2)26-16-10-6-4-8-14(16)20-17(23)11-22-15-9-5-3-7-13(15)21-18(24)19(22)25/h3-10,12H,11H2,1-2H3,(H,20,23)(H,21,24). The molecule has 0 saturated carbocycles. The van der Waals surface area contributed by atoms with Crippen LogP contribution < -0.4 is 21.2 Å². The fourth-order valence-corrected chi connectivity index (χ4v) is 2.64. The quantitative estimate of drug-likeness (QED) is 0.687. The molecule has 2 aromatic carbocycles. The van der Waals surface area contributed by atoms with E-state index in [4.69, 9.17) is 4.74 Å². The summed E-state index contributed by atoms with van der Waals surface area (Å²) in [5.41, 5.74) is -0.0496. The fraction of sp³-hybridized carbons (Fsp3) is 0.211. The van der Waals surface area contributed by atoms with Gasteiger partial charge in [0.15, 0.2) is 0 Å². The fourth-order valence-electron chi connectivity index (χ4n) is 2.64. The Morgan fingerprint density at radius 2 is 1.81 bits per heavy atom. The zero-order chi connectivity index (χ0) is 18.7. The number of carbonyl (C=O) groups excluding carboxylic acids is 1. The number of aromatic nitrogens is 2. The van der Waals surface area contributed by atoms with Crippen molar-refractivity contribution < 1.29 is 9.53 Å². The molecular weight excluding hydrogens is 334 g/mol. The number of rotatable bonds is 5. The van der Waals surface area contributed by atoms with Crippen molar-refractivity contribution in [3.63, 3.8) is 0 Å². The average Bonchev–Trinajstić information content (AvgIpc) is 2.60. The number of benzene rings is 2. The van der Waals surface area contributed by atoms with Gasteiger partial charge >= 0.3 is 11.1 Å². The SMILES string of the molecule is CC(C)Oc1ccccc1NC(=O)Cn1c(=O)c(=O)[nH]c2ccccc21. The van der Waals surface area contributed by atoms with E-state index in [-0.39, 0.29) is 12.6 Å². The van der Waals surface area contributed by atoms with E-state index >= 15 is 0 Å². The molecule has 0 aliphatic heterocycles. The lowest BCUT2D eigenvalue weighted by Crippen LogP contribution is -2.38. The normalized spacial score (nSPS) is 10.9. The number of carbonyl (C=O) groups is 1. The summed E-state index contributed by atoms with van der Waals surface area (Å²) in [5, 5.41) is 2.74. The summed E-state index contributed by atoms with van der Waals surface area (Å²) in [6, 6.07) is 13.9. The number of hydrogen-bond donors (Lipinski definition) is 2. The molecule has 0 fully saturated rings. The first-order chi connectivity index (χ1) is 12.5. The maximum atomic E-state index is 12.5. The zero-order valence-electron chi connectivity index (χ0n) is 14.5. The molecule has 1 amide bonds. The second kappa shape index (κ2) is 7.26. The van der Waals surface area contributed by atoms with E-state index in [1.54, 1.807) is 42.5 Å². The highest BCUT2D eigenvalue weighted by Gasteiger charge is 2.13. The Hall–Kier alpha value is -3.35. The lowest BCUT2D eigenvalue weighted by Gasteiger charge is -2.15. The number of fused-ring (bicyclic) bond motifs is 1. The largest absolute Gasteiger partial charge is 0.489 e. The maximum Gasteiger partial charge on any atom is 0.317 e. The monoisotopic (exact) mass is 353 g/mol. The van der Waals surface area contributed by atoms with Crippen LogP contribution in [0.25, 0.3) is 11.0 Å². The Kier molecular flexibility index (Phi) is 4.88. The Morgan fingerprint density at radius 1 is 1.12 bits per heavy atom. The van der Waals surface area contributed by atoms with Gasteiger partial charge in [-0.25, -0.2) is 0 Å². The van der Waals surface area contributed by atoms with Gasteiger partial charge in [-0.2, -0.15) is 0 Å². The molecule has 0 unspecified atom stereocenters. The third-order valence-corrected chi connectivity index (χ3v) is 3.71. The first-order valence-electron chi connectivity index (χ1n) is 8.23. The highest BCUT2D eigenvalue weighted by molar-refractivity contribution is 5.92. The van der Waals surface area contributed by atoms with E-state index in [1.807, 2.05) is 19.9 Å². The van der Waals surface area contributed by atoms with Gasteiger partial charge in [0.1, 0.15) is 12.3 Å². The Morgan fingerprint density at radius 3 is 2.58 bits per heavy atom. The highest BCUT2D eigenvalue weighted by Crippen LogP contribution is 2.24. The van der Waals surface area contributed by atoms with Crippen molar-refractivity contribution in [2.75, 3.05) is 5.32 Å². The average molecular weight is 353 g/mol. The van der Waals surface area contributed by atoms with Crippen molar-refractivity contribution in [3.05, 3.63) is 69.2 Å². The molecule has 3 aromatic rings. The van der Waals surface area contributed by atoms with Gasteiger partial charge in [0.2, 0.25) is 5.91 Å². The minimum absolute atomic E-state index is 0.0488. The summed E-state index contributed by atoms with van der Waals surface area (Å²) in [6.45, 7) is 3.50. The van der Waals surface area contributed by atoms with Crippen molar-refractivity contribution in [2.45, 2.75) is 26.5 Å². The number of H-pyrrole nitrogens is 1. The molecular formula is C19H19N3O4. The van der Waals surface area contributed by atoms with Crippen molar-refractivity contribution in [2.24, 2.45) is 0 Å². The van der Waals surface area contributed by atoms with E-state index in [1.165, 1.54) is 0 Å². The molecule has 0 atom stereocenters. The molecule has 7 nitrogen and oxygen atoms in total. The lowest BCUT2D eigenvalue weighted by molar-refractivity contribution is -0.116. The molecule has 0 spiro atoms. The number of nitrogens with zero attached hydrogens (tertiary/aromatic N) is 1. The molecule has 2 N–H and O–H groups in total. The lowest BCUT2D eigenvalue weighted by atomic mass is 10.2. The summed E-state index contributed by atoms with van der Waals surface area (Å²) in [6.07, 6.45) is -0.0488. The van der Waals surface area contributed by atoms with Crippen molar-refractivity contribution in [3.8, 4) is 5.75 Å². The van der Waals surface area contributed by atoms with E-state index in [9.17, 15) is 14.4 Å². The van der Waals surface area contributed by atoms with Crippen LogP contribution in [0.2, 0.25) is 0 Å². The zero-order valence-corrected chi connectivity index (χ0v) is 14.5. The molecule has 7 heteroatoms. The summed E-state index contributed by atoms with van der Waals surface area (Å²) >= 11 is 0. The summed E-state index contributed by atoms with van der Waals surface area (Å²) in [5.74, 6) is 0.113. The molecule has 0 aliphatic carbocycles. The van der Waals surface area contributed by atoms with E-state index in [0.717, 1.165) is 4.57 Å². The van der Waals surface area contributed by atoms with Crippen LogP contribution in [-0.4, -0.2) is 21.6 Å². The number of anilines is 1. The molecule has 0 aliphatic rings. The van der Waals surface area contributed by atoms with Gasteiger partial charge in [-0.05, 0) is 38.1 Å². The summed E-state index contributed by atoms with van der Waals surface area (Å²) in [7, 11) is 0. The highest BCUT2D eigenvalue weighted by atomic mass is 16.5. The van der Waals surface area contributed by atoms with Crippen LogP contribution in [0.1, 0.15) is 13.8 Å². The Labute approximate surface area is 149 Å². The maximum absolute atomic E-state index is 12.5. The third-order valence-electron chi connectivity index (χ3n) is 3.71. The molecule has 1 heterocycles. The molecule has 0 radical (unpaired) electrons. The second-order valence-corrected chi connectivity index (χ2v) is 6.07. The smallest absolute Gasteiger partial charge is 0.317 e. The minimum Gasteiger partial charge on any atom is -0.489 e. The van der Waals surface area contributed by atoms with Crippen molar-refractivity contribution in [1.82, 2.24) is 9.55 Å². The predicted molar refractivity (Wildman–Crippen MR) is 99.7 cm³/mol. The predicted octanol–water partition coefficient (Wildman–Crippen LogP) is 2.12. The van der Waals surface area contributed by atoms with Crippen LogP contribution in [0, 0.1) is 0 Å². The van der Waals surface area contributed by atoms with E-state index < -0.39 is 17.0 Å². The molecule has 1 aromatic heterocycles. The summed E-state index contributed by atoms with van der Waals surface area (Å²) < 4.78 is 6.83. The third kappa shape index (κ3) is 3.66. The van der Waals surface area contributed by atoms with Crippen LogP contribution >= 0.6 is 0 Å². The first-order valence-corrected chi connectivity index (χ1v) is 8.23. The van der Waals surface area contributed by atoms with Crippen LogP contribution in [0.4, 0.5) is 5.69 Å². The van der Waals surface area contributed by atoms with E-state index in [2.05, 4.69) is 10.3 Å². The van der Waals surface area contributed by atoms with Gasteiger partial charge in [-0.1, -0.05) is 24.3 Å². The van der Waals surface area contributed by atoms with Gasteiger partial charge in [-0.15, -0.1) is 0 Å². The summed E-state index contributed by atoms with van der Waals surface area (Å²) in [4.78, 5) is 39.0. The van der Waals surface area contributed by atoms with Crippen LogP contribution in [0.3, 0.4) is 0 Å². The minimum atomic E-state index is -0.773. The number of ether oxygens (including phenoxy) is 1. The molecule has 3 rings (SSSR count).